The van der Waals surface area contributed by atoms with Gasteiger partial charge in [-0.3, -0.25) is 9.78 Å². The van der Waals surface area contributed by atoms with Crippen LogP contribution >= 0.6 is 0 Å². The Morgan fingerprint density at radius 2 is 2.39 bits per heavy atom. The third-order valence-corrected chi connectivity index (χ3v) is 3.77. The number of likely N-dealkylation sites (tertiary alicyclic amines) is 1. The van der Waals surface area contributed by atoms with Crippen molar-refractivity contribution in [2.24, 2.45) is 5.92 Å². The van der Waals surface area contributed by atoms with Gasteiger partial charge in [0.05, 0.1) is 11.8 Å². The Morgan fingerprint density at radius 3 is 3.00 bits per heavy atom. The highest BCUT2D eigenvalue weighted by Gasteiger charge is 2.38. The molecule has 5 nitrogen and oxygen atoms in total. The van der Waals surface area contributed by atoms with Crippen LogP contribution < -0.4 is 0 Å². The summed E-state index contributed by atoms with van der Waals surface area (Å²) < 4.78 is 0. The maximum atomic E-state index is 12.2. The van der Waals surface area contributed by atoms with Crippen LogP contribution in [0.15, 0.2) is 18.6 Å². The number of piperidine rings is 1. The van der Waals surface area contributed by atoms with E-state index in [1.807, 2.05) is 13.8 Å². The summed E-state index contributed by atoms with van der Waals surface area (Å²) in [6, 6.07) is 0. The highest BCUT2D eigenvalue weighted by atomic mass is 16.3. The van der Waals surface area contributed by atoms with E-state index >= 15 is 0 Å². The Morgan fingerprint density at radius 1 is 1.61 bits per heavy atom. The lowest BCUT2D eigenvalue weighted by atomic mass is 9.81. The summed E-state index contributed by atoms with van der Waals surface area (Å²) in [6.07, 6.45) is 6.02. The van der Waals surface area contributed by atoms with E-state index in [1.165, 1.54) is 12.4 Å². The van der Waals surface area contributed by atoms with Gasteiger partial charge in [-0.1, -0.05) is 6.92 Å². The first-order valence-corrected chi connectivity index (χ1v) is 6.32. The number of amides is 1. The molecule has 1 aliphatic rings. The van der Waals surface area contributed by atoms with E-state index in [0.29, 0.717) is 25.2 Å². The standard InChI is InChI=1S/C13H19N3O2/c1-3-10-9-16(7-4-13(10,2)18)12(17)11-8-14-5-6-15-11/h5-6,8,10,18H,3-4,7,9H2,1-2H3/t10-,13+/m1/s1. The highest BCUT2D eigenvalue weighted by molar-refractivity contribution is 5.92. The van der Waals surface area contributed by atoms with E-state index in [1.54, 1.807) is 11.1 Å². The van der Waals surface area contributed by atoms with E-state index in [0.717, 1.165) is 6.42 Å². The first-order valence-electron chi connectivity index (χ1n) is 6.32. The second-order valence-electron chi connectivity index (χ2n) is 5.05. The number of aromatic nitrogens is 2. The first kappa shape index (κ1) is 13.0. The van der Waals surface area contributed by atoms with Crippen LogP contribution in [0.4, 0.5) is 0 Å². The number of hydrogen-bond acceptors (Lipinski definition) is 4. The number of carbonyl (C=O) groups excluding carboxylic acids is 1. The number of nitrogens with zero attached hydrogens (tertiary/aromatic N) is 3. The third-order valence-electron chi connectivity index (χ3n) is 3.77. The molecule has 1 aliphatic heterocycles. The van der Waals surface area contributed by atoms with Crippen molar-refractivity contribution in [1.29, 1.82) is 0 Å². The number of rotatable bonds is 2. The molecular formula is C13H19N3O2. The molecule has 0 bridgehead atoms. The van der Waals surface area contributed by atoms with Crippen molar-refractivity contribution in [1.82, 2.24) is 14.9 Å². The molecule has 0 unspecified atom stereocenters. The van der Waals surface area contributed by atoms with Gasteiger partial charge in [0.1, 0.15) is 5.69 Å². The van der Waals surface area contributed by atoms with Gasteiger partial charge < -0.3 is 10.0 Å². The van der Waals surface area contributed by atoms with Gasteiger partial charge in [0.25, 0.3) is 5.91 Å². The predicted molar refractivity (Wildman–Crippen MR) is 67.0 cm³/mol. The molecule has 18 heavy (non-hydrogen) atoms. The smallest absolute Gasteiger partial charge is 0.274 e. The number of carbonyl (C=O) groups is 1. The lowest BCUT2D eigenvalue weighted by Crippen LogP contribution is -2.51. The topological polar surface area (TPSA) is 66.3 Å². The van der Waals surface area contributed by atoms with Crippen LogP contribution in [0.1, 0.15) is 37.2 Å². The Balaban J connectivity index is 2.10. The fraction of sp³-hybridized carbons (Fsp3) is 0.615. The minimum atomic E-state index is -0.673. The molecule has 1 aromatic rings. The lowest BCUT2D eigenvalue weighted by Gasteiger charge is -2.42. The third kappa shape index (κ3) is 2.51. The van der Waals surface area contributed by atoms with Crippen LogP contribution in [0.3, 0.4) is 0 Å². The molecule has 1 aromatic heterocycles. The van der Waals surface area contributed by atoms with Crippen molar-refractivity contribution in [3.63, 3.8) is 0 Å². The molecule has 0 saturated carbocycles. The van der Waals surface area contributed by atoms with Crippen LogP contribution in [-0.2, 0) is 0 Å². The van der Waals surface area contributed by atoms with Crippen molar-refractivity contribution in [2.45, 2.75) is 32.3 Å². The molecular weight excluding hydrogens is 230 g/mol. The molecule has 0 aliphatic carbocycles. The van der Waals surface area contributed by atoms with Gasteiger partial charge >= 0.3 is 0 Å². The molecule has 0 spiro atoms. The molecule has 2 atom stereocenters. The number of hydrogen-bond donors (Lipinski definition) is 1. The van der Waals surface area contributed by atoms with Gasteiger partial charge in [0.2, 0.25) is 0 Å². The van der Waals surface area contributed by atoms with E-state index < -0.39 is 5.60 Å². The Bertz CT molecular complexity index is 420. The van der Waals surface area contributed by atoms with E-state index in [9.17, 15) is 9.90 Å². The van der Waals surface area contributed by atoms with Crippen LogP contribution in [0.2, 0.25) is 0 Å². The molecule has 1 saturated heterocycles. The second-order valence-corrected chi connectivity index (χ2v) is 5.05. The molecule has 2 rings (SSSR count). The summed E-state index contributed by atoms with van der Waals surface area (Å²) in [6.45, 7) is 5.04. The van der Waals surface area contributed by atoms with Gasteiger partial charge in [-0.2, -0.15) is 0 Å². The van der Waals surface area contributed by atoms with Crippen molar-refractivity contribution < 1.29 is 9.90 Å². The van der Waals surface area contributed by atoms with Crippen molar-refractivity contribution in [2.75, 3.05) is 13.1 Å². The maximum Gasteiger partial charge on any atom is 0.274 e. The lowest BCUT2D eigenvalue weighted by molar-refractivity contribution is -0.0522. The van der Waals surface area contributed by atoms with Gasteiger partial charge in [-0.05, 0) is 19.8 Å². The molecule has 0 radical (unpaired) electrons. The molecule has 1 N–H and O–H groups in total. The Labute approximate surface area is 107 Å². The zero-order valence-electron chi connectivity index (χ0n) is 10.8. The summed E-state index contributed by atoms with van der Waals surface area (Å²) in [5.41, 5.74) is -0.303. The largest absolute Gasteiger partial charge is 0.390 e. The SMILES string of the molecule is CC[C@@H]1CN(C(=O)c2cnccn2)CC[C@]1(C)O. The predicted octanol–water partition coefficient (Wildman–Crippen LogP) is 1.10. The van der Waals surface area contributed by atoms with Crippen LogP contribution in [-0.4, -0.2) is 44.6 Å². The van der Waals surface area contributed by atoms with E-state index in [-0.39, 0.29) is 11.8 Å². The highest BCUT2D eigenvalue weighted by Crippen LogP contribution is 2.30. The minimum absolute atomic E-state index is 0.1000. The van der Waals surface area contributed by atoms with Crippen molar-refractivity contribution in [3.05, 3.63) is 24.3 Å². The van der Waals surface area contributed by atoms with Crippen LogP contribution in [0.5, 0.6) is 0 Å². The minimum Gasteiger partial charge on any atom is -0.390 e. The molecule has 0 aromatic carbocycles. The fourth-order valence-electron chi connectivity index (χ4n) is 2.44. The second kappa shape index (κ2) is 5.02. The van der Waals surface area contributed by atoms with Gasteiger partial charge in [-0.15, -0.1) is 0 Å². The quantitative estimate of drug-likeness (QED) is 0.852. The van der Waals surface area contributed by atoms with E-state index in [4.69, 9.17) is 0 Å². The fourth-order valence-corrected chi connectivity index (χ4v) is 2.44. The first-order chi connectivity index (χ1) is 8.54. The molecule has 1 amide bonds. The van der Waals surface area contributed by atoms with Crippen LogP contribution in [0, 0.1) is 5.92 Å². The maximum absolute atomic E-state index is 12.2. The van der Waals surface area contributed by atoms with Crippen LogP contribution in [0.25, 0.3) is 0 Å². The van der Waals surface area contributed by atoms with Crippen molar-refractivity contribution >= 4 is 5.91 Å². The van der Waals surface area contributed by atoms with Gasteiger partial charge in [0.15, 0.2) is 0 Å². The van der Waals surface area contributed by atoms with E-state index in [2.05, 4.69) is 9.97 Å². The summed E-state index contributed by atoms with van der Waals surface area (Å²) in [4.78, 5) is 21.9. The van der Waals surface area contributed by atoms with Crippen molar-refractivity contribution in [3.8, 4) is 0 Å². The monoisotopic (exact) mass is 249 g/mol. The summed E-state index contributed by atoms with van der Waals surface area (Å²) in [5.74, 6) is 0.0175. The average Bonchev–Trinajstić information content (AvgIpc) is 2.39. The normalized spacial score (nSPS) is 28.2. The zero-order chi connectivity index (χ0) is 13.2. The molecule has 98 valence electrons. The summed E-state index contributed by atoms with van der Waals surface area (Å²) in [5, 5.41) is 10.2. The number of aliphatic hydroxyl groups is 1. The Hall–Kier alpha value is -1.49. The van der Waals surface area contributed by atoms with Gasteiger partial charge in [-0.25, -0.2) is 4.98 Å². The zero-order valence-corrected chi connectivity index (χ0v) is 10.8. The summed E-state index contributed by atoms with van der Waals surface area (Å²) in [7, 11) is 0. The Kier molecular flexibility index (Phi) is 3.61. The average molecular weight is 249 g/mol. The molecule has 1 fully saturated rings. The molecule has 2 heterocycles. The summed E-state index contributed by atoms with van der Waals surface area (Å²) >= 11 is 0. The molecule has 5 heteroatoms. The van der Waals surface area contributed by atoms with Gasteiger partial charge in [0, 0.05) is 31.4 Å².